The van der Waals surface area contributed by atoms with Gasteiger partial charge in [0.25, 0.3) is 0 Å². The Labute approximate surface area is 119 Å². The molecular formula is C16H23NO3. The minimum Gasteiger partial charge on any atom is -0.466 e. The van der Waals surface area contributed by atoms with Gasteiger partial charge in [-0.25, -0.2) is 0 Å². The third kappa shape index (κ3) is 2.75. The van der Waals surface area contributed by atoms with E-state index in [0.717, 1.165) is 36.8 Å². The summed E-state index contributed by atoms with van der Waals surface area (Å²) in [6.07, 6.45) is 4.28. The molecule has 1 saturated carbocycles. The Morgan fingerprint density at radius 3 is 3.00 bits per heavy atom. The van der Waals surface area contributed by atoms with Crippen LogP contribution in [0.4, 0.5) is 0 Å². The van der Waals surface area contributed by atoms with Gasteiger partial charge in [-0.3, -0.25) is 4.79 Å². The highest BCUT2D eigenvalue weighted by Gasteiger charge is 2.36. The lowest BCUT2D eigenvalue weighted by Crippen LogP contribution is -2.37. The van der Waals surface area contributed by atoms with Gasteiger partial charge in [-0.2, -0.15) is 0 Å². The Bertz CT molecular complexity index is 482. The van der Waals surface area contributed by atoms with Crippen molar-refractivity contribution in [1.29, 1.82) is 0 Å². The number of carbonyl (C=O) groups is 1. The number of aliphatic hydroxyl groups is 1. The molecule has 1 amide bonds. The maximum atomic E-state index is 12.2. The summed E-state index contributed by atoms with van der Waals surface area (Å²) in [6.45, 7) is 3.10. The van der Waals surface area contributed by atoms with E-state index in [1.165, 1.54) is 6.42 Å². The second-order valence-corrected chi connectivity index (χ2v) is 6.19. The normalized spacial score (nSPS) is 28.9. The SMILES string of the molecule is CC1CC1c1ccc(CCC(=O)N2CCC[C@@H]2CO)o1. The Kier molecular flexibility index (Phi) is 3.83. The van der Waals surface area contributed by atoms with Crippen molar-refractivity contribution in [2.45, 2.75) is 51.0 Å². The maximum Gasteiger partial charge on any atom is 0.223 e. The summed E-state index contributed by atoms with van der Waals surface area (Å²) in [4.78, 5) is 14.0. The molecule has 2 heterocycles. The lowest BCUT2D eigenvalue weighted by atomic mass is 10.2. The standard InChI is InChI=1S/C16H23NO3/c1-11-9-14(11)15-6-4-13(20-15)5-7-16(19)17-8-2-3-12(17)10-18/h4,6,11-12,14,18H,2-3,5,7-10H2,1H3/t11?,12-,14?/m1/s1. The van der Waals surface area contributed by atoms with Crippen LogP contribution in [-0.4, -0.2) is 35.1 Å². The van der Waals surface area contributed by atoms with Gasteiger partial charge >= 0.3 is 0 Å². The van der Waals surface area contributed by atoms with Crippen molar-refractivity contribution in [3.8, 4) is 0 Å². The minimum absolute atomic E-state index is 0.0296. The number of carbonyl (C=O) groups excluding carboxylic acids is 1. The summed E-state index contributed by atoms with van der Waals surface area (Å²) in [5, 5.41) is 9.25. The predicted octanol–water partition coefficient (Wildman–Crippen LogP) is 2.32. The molecule has 2 fully saturated rings. The van der Waals surface area contributed by atoms with E-state index >= 15 is 0 Å². The summed E-state index contributed by atoms with van der Waals surface area (Å²) in [5.74, 6) is 3.46. The number of likely N-dealkylation sites (tertiary alicyclic amines) is 1. The summed E-state index contributed by atoms with van der Waals surface area (Å²) < 4.78 is 5.82. The molecule has 3 rings (SSSR count). The lowest BCUT2D eigenvalue weighted by molar-refractivity contribution is -0.132. The van der Waals surface area contributed by atoms with Crippen LogP contribution >= 0.6 is 0 Å². The van der Waals surface area contributed by atoms with Crippen molar-refractivity contribution in [3.05, 3.63) is 23.7 Å². The van der Waals surface area contributed by atoms with E-state index in [9.17, 15) is 9.90 Å². The number of nitrogens with zero attached hydrogens (tertiary/aromatic N) is 1. The molecule has 0 radical (unpaired) electrons. The van der Waals surface area contributed by atoms with Crippen molar-refractivity contribution >= 4 is 5.91 Å². The average Bonchev–Trinajstić information content (AvgIpc) is 2.89. The van der Waals surface area contributed by atoms with Crippen molar-refractivity contribution < 1.29 is 14.3 Å². The van der Waals surface area contributed by atoms with Crippen molar-refractivity contribution in [2.75, 3.05) is 13.2 Å². The van der Waals surface area contributed by atoms with E-state index in [2.05, 4.69) is 13.0 Å². The van der Waals surface area contributed by atoms with E-state index in [-0.39, 0.29) is 18.6 Å². The molecule has 20 heavy (non-hydrogen) atoms. The van der Waals surface area contributed by atoms with Crippen LogP contribution in [0.2, 0.25) is 0 Å². The molecular weight excluding hydrogens is 254 g/mol. The molecule has 1 aromatic rings. The molecule has 1 aliphatic heterocycles. The van der Waals surface area contributed by atoms with Crippen LogP contribution in [0.3, 0.4) is 0 Å². The van der Waals surface area contributed by atoms with Crippen molar-refractivity contribution in [3.63, 3.8) is 0 Å². The number of amides is 1. The topological polar surface area (TPSA) is 53.7 Å². The highest BCUT2D eigenvalue weighted by atomic mass is 16.3. The average molecular weight is 277 g/mol. The number of furan rings is 1. The first-order valence-electron chi connectivity index (χ1n) is 7.68. The van der Waals surface area contributed by atoms with E-state index in [1.807, 2.05) is 11.0 Å². The predicted molar refractivity (Wildman–Crippen MR) is 75.4 cm³/mol. The molecule has 2 aliphatic rings. The quantitative estimate of drug-likeness (QED) is 0.898. The van der Waals surface area contributed by atoms with Crippen LogP contribution in [0.15, 0.2) is 16.5 Å². The third-order valence-corrected chi connectivity index (χ3v) is 4.65. The van der Waals surface area contributed by atoms with Crippen LogP contribution in [0.25, 0.3) is 0 Å². The molecule has 0 bridgehead atoms. The van der Waals surface area contributed by atoms with Gasteiger partial charge in [0.15, 0.2) is 0 Å². The van der Waals surface area contributed by atoms with Gasteiger partial charge in [0.2, 0.25) is 5.91 Å². The van der Waals surface area contributed by atoms with E-state index in [1.54, 1.807) is 0 Å². The smallest absolute Gasteiger partial charge is 0.223 e. The van der Waals surface area contributed by atoms with Gasteiger partial charge in [0, 0.05) is 25.3 Å². The molecule has 1 saturated heterocycles. The van der Waals surface area contributed by atoms with Gasteiger partial charge in [0.05, 0.1) is 12.6 Å². The Morgan fingerprint density at radius 2 is 2.30 bits per heavy atom. The maximum absolute atomic E-state index is 12.2. The van der Waals surface area contributed by atoms with Gasteiger partial charge in [0.1, 0.15) is 11.5 Å². The van der Waals surface area contributed by atoms with Gasteiger partial charge < -0.3 is 14.4 Å². The lowest BCUT2D eigenvalue weighted by Gasteiger charge is -2.22. The fraction of sp³-hybridized carbons (Fsp3) is 0.688. The van der Waals surface area contributed by atoms with Gasteiger partial charge in [-0.1, -0.05) is 6.92 Å². The molecule has 0 aromatic carbocycles. The zero-order valence-corrected chi connectivity index (χ0v) is 12.0. The first-order chi connectivity index (χ1) is 9.69. The number of aryl methyl sites for hydroxylation is 1. The zero-order valence-electron chi connectivity index (χ0n) is 12.0. The number of hydrogen-bond donors (Lipinski definition) is 1. The first kappa shape index (κ1) is 13.7. The zero-order chi connectivity index (χ0) is 14.1. The largest absolute Gasteiger partial charge is 0.466 e. The van der Waals surface area contributed by atoms with E-state index in [0.29, 0.717) is 18.8 Å². The highest BCUT2D eigenvalue weighted by Crippen LogP contribution is 2.47. The molecule has 1 aromatic heterocycles. The van der Waals surface area contributed by atoms with Crippen molar-refractivity contribution in [2.24, 2.45) is 5.92 Å². The number of rotatable bonds is 5. The van der Waals surface area contributed by atoms with Crippen LogP contribution in [0.5, 0.6) is 0 Å². The summed E-state index contributed by atoms with van der Waals surface area (Å²) in [5.41, 5.74) is 0. The Balaban J connectivity index is 1.51. The fourth-order valence-corrected chi connectivity index (χ4v) is 3.17. The van der Waals surface area contributed by atoms with Crippen LogP contribution in [0.1, 0.15) is 50.0 Å². The fourth-order valence-electron chi connectivity index (χ4n) is 3.17. The van der Waals surface area contributed by atoms with E-state index < -0.39 is 0 Å². The van der Waals surface area contributed by atoms with Gasteiger partial charge in [-0.15, -0.1) is 0 Å². The van der Waals surface area contributed by atoms with Crippen molar-refractivity contribution in [1.82, 2.24) is 4.90 Å². The third-order valence-electron chi connectivity index (χ3n) is 4.65. The number of hydrogen-bond acceptors (Lipinski definition) is 3. The Hall–Kier alpha value is -1.29. The number of aliphatic hydroxyl groups excluding tert-OH is 1. The second-order valence-electron chi connectivity index (χ2n) is 6.19. The summed E-state index contributed by atoms with van der Waals surface area (Å²) in [7, 11) is 0. The first-order valence-corrected chi connectivity index (χ1v) is 7.68. The van der Waals surface area contributed by atoms with Crippen LogP contribution in [-0.2, 0) is 11.2 Å². The molecule has 110 valence electrons. The second kappa shape index (κ2) is 5.60. The van der Waals surface area contributed by atoms with Crippen LogP contribution in [0, 0.1) is 5.92 Å². The van der Waals surface area contributed by atoms with Crippen LogP contribution < -0.4 is 0 Å². The minimum atomic E-state index is 0.0296. The summed E-state index contributed by atoms with van der Waals surface area (Å²) >= 11 is 0. The molecule has 0 spiro atoms. The molecule has 1 aliphatic carbocycles. The van der Waals surface area contributed by atoms with Gasteiger partial charge in [-0.05, 0) is 37.3 Å². The Morgan fingerprint density at radius 1 is 1.50 bits per heavy atom. The molecule has 4 heteroatoms. The summed E-state index contributed by atoms with van der Waals surface area (Å²) in [6, 6.07) is 4.09. The molecule has 4 nitrogen and oxygen atoms in total. The monoisotopic (exact) mass is 277 g/mol. The highest BCUT2D eigenvalue weighted by molar-refractivity contribution is 5.77. The molecule has 1 N–H and O–H groups in total. The molecule has 2 unspecified atom stereocenters. The molecule has 3 atom stereocenters. The van der Waals surface area contributed by atoms with E-state index in [4.69, 9.17) is 4.42 Å².